The van der Waals surface area contributed by atoms with E-state index in [1.165, 1.54) is 0 Å². The predicted octanol–water partition coefficient (Wildman–Crippen LogP) is 2.30. The molecule has 2 aromatic rings. The Morgan fingerprint density at radius 1 is 1.33 bits per heavy atom. The molecule has 2 atom stereocenters. The number of aromatic nitrogens is 2. The molecule has 3 N–H and O–H groups in total. The Bertz CT molecular complexity index is 707. The molecule has 0 aliphatic rings. The number of carbonyl (C=O) groups is 1. The van der Waals surface area contributed by atoms with Crippen LogP contribution in [0.25, 0.3) is 0 Å². The number of nitrogens with one attached hydrogen (secondary N) is 2. The van der Waals surface area contributed by atoms with Gasteiger partial charge in [-0.15, -0.1) is 0 Å². The fourth-order valence-corrected chi connectivity index (χ4v) is 2.89. The first kappa shape index (κ1) is 18.0. The summed E-state index contributed by atoms with van der Waals surface area (Å²) in [6, 6.07) is 8.80. The summed E-state index contributed by atoms with van der Waals surface area (Å²) < 4.78 is 1.81. The fourth-order valence-electron chi connectivity index (χ4n) is 2.89. The van der Waals surface area contributed by atoms with Gasteiger partial charge in [-0.2, -0.15) is 5.10 Å². The van der Waals surface area contributed by atoms with E-state index in [9.17, 15) is 9.90 Å². The average molecular weight is 330 g/mol. The number of amides is 2. The van der Waals surface area contributed by atoms with Crippen molar-refractivity contribution in [1.82, 2.24) is 20.4 Å². The van der Waals surface area contributed by atoms with Crippen molar-refractivity contribution >= 4 is 6.03 Å². The summed E-state index contributed by atoms with van der Waals surface area (Å²) in [6.45, 7) is 7.64. The molecule has 1 heterocycles. The topological polar surface area (TPSA) is 79.2 Å². The van der Waals surface area contributed by atoms with Gasteiger partial charge in [0.1, 0.15) is 5.60 Å². The lowest BCUT2D eigenvalue weighted by molar-refractivity contribution is 0.0593. The smallest absolute Gasteiger partial charge is 0.315 e. The molecule has 2 amide bonds. The Morgan fingerprint density at radius 2 is 1.96 bits per heavy atom. The van der Waals surface area contributed by atoms with Crippen LogP contribution >= 0.6 is 0 Å². The van der Waals surface area contributed by atoms with Crippen molar-refractivity contribution < 1.29 is 9.90 Å². The van der Waals surface area contributed by atoms with E-state index in [0.717, 1.165) is 22.5 Å². The standard InChI is InChI=1S/C18H26N4O2/c1-12(16-13(2)21-22(5)14(16)3)20-17(23)19-11-18(4,24)15-9-7-6-8-10-15/h6-10,12,24H,11H2,1-5H3,(H2,19,20,23). The predicted molar refractivity (Wildman–Crippen MR) is 93.6 cm³/mol. The van der Waals surface area contributed by atoms with E-state index in [1.54, 1.807) is 11.6 Å². The maximum atomic E-state index is 12.2. The van der Waals surface area contributed by atoms with Crippen LogP contribution in [0.4, 0.5) is 4.79 Å². The molecule has 0 saturated carbocycles. The first-order valence-corrected chi connectivity index (χ1v) is 8.04. The fraction of sp³-hybridized carbons (Fsp3) is 0.444. The molecule has 6 heteroatoms. The van der Waals surface area contributed by atoms with Crippen LogP contribution in [0.5, 0.6) is 0 Å². The largest absolute Gasteiger partial charge is 0.384 e. The zero-order valence-corrected chi connectivity index (χ0v) is 14.9. The molecule has 1 aromatic heterocycles. The van der Waals surface area contributed by atoms with Crippen LogP contribution in [-0.4, -0.2) is 27.5 Å². The second kappa shape index (κ2) is 7.05. The van der Waals surface area contributed by atoms with Crippen molar-refractivity contribution in [3.8, 4) is 0 Å². The van der Waals surface area contributed by atoms with Crippen LogP contribution in [0.15, 0.2) is 30.3 Å². The zero-order valence-electron chi connectivity index (χ0n) is 14.9. The summed E-state index contributed by atoms with van der Waals surface area (Å²) in [6.07, 6.45) is 0. The summed E-state index contributed by atoms with van der Waals surface area (Å²) in [4.78, 5) is 12.2. The van der Waals surface area contributed by atoms with E-state index in [4.69, 9.17) is 0 Å². The number of aliphatic hydroxyl groups is 1. The molecule has 24 heavy (non-hydrogen) atoms. The van der Waals surface area contributed by atoms with Gasteiger partial charge in [-0.1, -0.05) is 30.3 Å². The van der Waals surface area contributed by atoms with Gasteiger partial charge in [-0.3, -0.25) is 4.68 Å². The highest BCUT2D eigenvalue weighted by Gasteiger charge is 2.24. The van der Waals surface area contributed by atoms with E-state index in [2.05, 4.69) is 15.7 Å². The van der Waals surface area contributed by atoms with Gasteiger partial charge in [0.05, 0.1) is 18.3 Å². The van der Waals surface area contributed by atoms with Crippen molar-refractivity contribution in [3.05, 3.63) is 52.8 Å². The third-order valence-corrected chi connectivity index (χ3v) is 4.33. The molecule has 0 spiro atoms. The van der Waals surface area contributed by atoms with Gasteiger partial charge in [0.15, 0.2) is 0 Å². The molecule has 0 bridgehead atoms. The van der Waals surface area contributed by atoms with Crippen LogP contribution in [0, 0.1) is 13.8 Å². The molecule has 0 radical (unpaired) electrons. The van der Waals surface area contributed by atoms with Gasteiger partial charge >= 0.3 is 6.03 Å². The highest BCUT2D eigenvalue weighted by Crippen LogP contribution is 2.21. The Morgan fingerprint density at radius 3 is 2.50 bits per heavy atom. The summed E-state index contributed by atoms with van der Waals surface area (Å²) >= 11 is 0. The van der Waals surface area contributed by atoms with Crippen LogP contribution < -0.4 is 10.6 Å². The molecule has 6 nitrogen and oxygen atoms in total. The van der Waals surface area contributed by atoms with Gasteiger partial charge in [0.2, 0.25) is 0 Å². The minimum Gasteiger partial charge on any atom is -0.384 e. The maximum Gasteiger partial charge on any atom is 0.315 e. The van der Waals surface area contributed by atoms with Gasteiger partial charge in [-0.05, 0) is 33.3 Å². The van der Waals surface area contributed by atoms with Crippen molar-refractivity contribution in [2.24, 2.45) is 7.05 Å². The summed E-state index contributed by atoms with van der Waals surface area (Å²) in [5.41, 5.74) is 2.58. The van der Waals surface area contributed by atoms with Crippen LogP contribution in [-0.2, 0) is 12.6 Å². The Labute approximate surface area is 142 Å². The van der Waals surface area contributed by atoms with Gasteiger partial charge in [0, 0.05) is 18.3 Å². The highest BCUT2D eigenvalue weighted by atomic mass is 16.3. The monoisotopic (exact) mass is 330 g/mol. The third kappa shape index (κ3) is 3.94. The number of carbonyl (C=O) groups excluding carboxylic acids is 1. The highest BCUT2D eigenvalue weighted by molar-refractivity contribution is 5.74. The van der Waals surface area contributed by atoms with Crippen molar-refractivity contribution in [3.63, 3.8) is 0 Å². The lowest BCUT2D eigenvalue weighted by Gasteiger charge is -2.25. The summed E-state index contributed by atoms with van der Waals surface area (Å²) in [7, 11) is 1.88. The molecule has 2 unspecified atom stereocenters. The number of urea groups is 1. The first-order chi connectivity index (χ1) is 11.2. The molecule has 130 valence electrons. The molecule has 0 saturated heterocycles. The van der Waals surface area contributed by atoms with E-state index in [1.807, 2.05) is 58.2 Å². The minimum atomic E-state index is -1.12. The molecule has 2 rings (SSSR count). The normalized spacial score (nSPS) is 14.8. The third-order valence-electron chi connectivity index (χ3n) is 4.33. The average Bonchev–Trinajstić information content (AvgIpc) is 2.79. The second-order valence-electron chi connectivity index (χ2n) is 6.40. The number of rotatable bonds is 5. The van der Waals surface area contributed by atoms with Crippen LogP contribution in [0.3, 0.4) is 0 Å². The molecule has 0 aliphatic heterocycles. The molecule has 1 aromatic carbocycles. The summed E-state index contributed by atoms with van der Waals surface area (Å²) in [5.74, 6) is 0. The number of benzene rings is 1. The van der Waals surface area contributed by atoms with E-state index in [-0.39, 0.29) is 18.6 Å². The van der Waals surface area contributed by atoms with Crippen molar-refractivity contribution in [1.29, 1.82) is 0 Å². The number of hydrogen-bond donors (Lipinski definition) is 3. The minimum absolute atomic E-state index is 0.126. The van der Waals surface area contributed by atoms with Crippen LogP contribution in [0.1, 0.15) is 42.4 Å². The number of nitrogens with zero attached hydrogens (tertiary/aromatic N) is 2. The molecule has 0 fully saturated rings. The zero-order chi connectivity index (χ0) is 17.9. The Hall–Kier alpha value is -2.34. The second-order valence-corrected chi connectivity index (χ2v) is 6.40. The quantitative estimate of drug-likeness (QED) is 0.787. The number of aryl methyl sites for hydroxylation is 2. The van der Waals surface area contributed by atoms with E-state index < -0.39 is 5.60 Å². The molecular formula is C18H26N4O2. The Kier molecular flexibility index (Phi) is 5.29. The van der Waals surface area contributed by atoms with Crippen LogP contribution in [0.2, 0.25) is 0 Å². The maximum absolute atomic E-state index is 12.2. The SMILES string of the molecule is Cc1nn(C)c(C)c1C(C)NC(=O)NCC(C)(O)c1ccccc1. The van der Waals surface area contributed by atoms with Gasteiger partial charge in [0.25, 0.3) is 0 Å². The van der Waals surface area contributed by atoms with E-state index >= 15 is 0 Å². The lowest BCUT2D eigenvalue weighted by Crippen LogP contribution is -2.44. The Balaban J connectivity index is 1.96. The van der Waals surface area contributed by atoms with Gasteiger partial charge in [-0.25, -0.2) is 4.79 Å². The molecule has 0 aliphatic carbocycles. The first-order valence-electron chi connectivity index (χ1n) is 8.04. The van der Waals surface area contributed by atoms with Crippen molar-refractivity contribution in [2.45, 2.75) is 39.3 Å². The van der Waals surface area contributed by atoms with Crippen molar-refractivity contribution in [2.75, 3.05) is 6.54 Å². The van der Waals surface area contributed by atoms with E-state index in [0.29, 0.717) is 0 Å². The molecular weight excluding hydrogens is 304 g/mol. The number of hydrogen-bond acceptors (Lipinski definition) is 3. The summed E-state index contributed by atoms with van der Waals surface area (Å²) in [5, 5.41) is 20.5. The van der Waals surface area contributed by atoms with Gasteiger partial charge < -0.3 is 15.7 Å². The lowest BCUT2D eigenvalue weighted by atomic mass is 9.96.